The van der Waals surface area contributed by atoms with E-state index in [9.17, 15) is 4.79 Å². The number of carbonyl (C=O) groups is 1. The molecule has 2 bridgehead atoms. The molecule has 1 fully saturated rings. The summed E-state index contributed by atoms with van der Waals surface area (Å²) in [6, 6.07) is 0. The molecule has 0 radical (unpaired) electrons. The first-order valence-corrected chi connectivity index (χ1v) is 9.94. The van der Waals surface area contributed by atoms with Gasteiger partial charge >= 0.3 is 0 Å². The van der Waals surface area contributed by atoms with Crippen molar-refractivity contribution < 1.29 is 4.79 Å². The fraction of sp³-hybridized carbons (Fsp3) is 0.773. The molecule has 0 aromatic rings. The van der Waals surface area contributed by atoms with Crippen LogP contribution in [0.3, 0.4) is 0 Å². The SMILES string of the molecule is CCCCCC[C@]12CC(CC(C)C)=C3C=CCC[C@@]3(CC1=O)C2. The smallest absolute Gasteiger partial charge is 0.140 e. The molecule has 0 heterocycles. The zero-order chi connectivity index (χ0) is 16.5. The van der Waals surface area contributed by atoms with E-state index in [1.807, 2.05) is 0 Å². The molecule has 128 valence electrons. The summed E-state index contributed by atoms with van der Waals surface area (Å²) in [6.07, 6.45) is 17.6. The third-order valence-electron chi connectivity index (χ3n) is 6.51. The predicted molar refractivity (Wildman–Crippen MR) is 97.3 cm³/mol. The molecule has 3 aliphatic rings. The Morgan fingerprint density at radius 2 is 2.00 bits per heavy atom. The Kier molecular flexibility index (Phi) is 4.85. The molecular formula is C22H34O. The molecule has 1 heteroatoms. The Labute approximate surface area is 142 Å². The number of carbonyl (C=O) groups excluding carboxylic acids is 1. The van der Waals surface area contributed by atoms with Crippen LogP contribution in [0.15, 0.2) is 23.3 Å². The van der Waals surface area contributed by atoms with Crippen molar-refractivity contribution >= 4 is 5.78 Å². The number of allylic oxidation sites excluding steroid dienone is 4. The highest BCUT2D eigenvalue weighted by Gasteiger charge is 2.58. The Hall–Kier alpha value is -0.850. The van der Waals surface area contributed by atoms with Gasteiger partial charge in [-0.15, -0.1) is 0 Å². The molecule has 2 atom stereocenters. The minimum Gasteiger partial charge on any atom is -0.299 e. The van der Waals surface area contributed by atoms with E-state index in [4.69, 9.17) is 0 Å². The average molecular weight is 315 g/mol. The second-order valence-electron chi connectivity index (χ2n) is 8.88. The standard InChI is InChI=1S/C22H34O/c1-4-5-6-8-12-22-14-18(13-17(2)3)19-10-7-9-11-21(19,16-22)15-20(22)23/h7,10,17H,4-6,8-9,11-16H2,1-3H3/t21-,22-/m1/s1. The summed E-state index contributed by atoms with van der Waals surface area (Å²) in [4.78, 5) is 13.1. The zero-order valence-corrected chi connectivity index (χ0v) is 15.4. The Bertz CT molecular complexity index is 524. The van der Waals surface area contributed by atoms with Gasteiger partial charge in [0.2, 0.25) is 0 Å². The molecule has 0 aromatic heterocycles. The second-order valence-corrected chi connectivity index (χ2v) is 8.88. The van der Waals surface area contributed by atoms with E-state index in [0.29, 0.717) is 11.7 Å². The maximum Gasteiger partial charge on any atom is 0.140 e. The third-order valence-corrected chi connectivity index (χ3v) is 6.51. The van der Waals surface area contributed by atoms with Crippen molar-refractivity contribution in [1.29, 1.82) is 0 Å². The van der Waals surface area contributed by atoms with Crippen LogP contribution in [0.5, 0.6) is 0 Å². The first kappa shape index (κ1) is 17.0. The van der Waals surface area contributed by atoms with Gasteiger partial charge in [0.15, 0.2) is 0 Å². The summed E-state index contributed by atoms with van der Waals surface area (Å²) < 4.78 is 0. The molecule has 1 nitrogen and oxygen atoms in total. The van der Waals surface area contributed by atoms with Crippen molar-refractivity contribution in [1.82, 2.24) is 0 Å². The van der Waals surface area contributed by atoms with Crippen LogP contribution >= 0.6 is 0 Å². The van der Waals surface area contributed by atoms with E-state index in [1.54, 1.807) is 11.1 Å². The Balaban J connectivity index is 1.87. The molecule has 0 aromatic carbocycles. The van der Waals surface area contributed by atoms with E-state index in [2.05, 4.69) is 32.9 Å². The van der Waals surface area contributed by atoms with Gasteiger partial charge in [0.1, 0.15) is 5.78 Å². The highest BCUT2D eigenvalue weighted by Crippen LogP contribution is 2.64. The number of Topliss-reactive ketones (excluding diaryl/α,β-unsaturated/α-hetero) is 1. The van der Waals surface area contributed by atoms with Gasteiger partial charge in [0, 0.05) is 17.3 Å². The van der Waals surface area contributed by atoms with E-state index in [-0.39, 0.29) is 10.8 Å². The molecule has 1 saturated carbocycles. The quantitative estimate of drug-likeness (QED) is 0.498. The molecule has 0 aliphatic heterocycles. The zero-order valence-electron chi connectivity index (χ0n) is 15.4. The number of unbranched alkanes of at least 4 members (excludes halogenated alkanes) is 3. The van der Waals surface area contributed by atoms with Crippen molar-refractivity contribution in [2.75, 3.05) is 0 Å². The van der Waals surface area contributed by atoms with Crippen molar-refractivity contribution in [3.05, 3.63) is 23.3 Å². The Morgan fingerprint density at radius 1 is 1.17 bits per heavy atom. The monoisotopic (exact) mass is 314 g/mol. The van der Waals surface area contributed by atoms with Crippen LogP contribution in [0.1, 0.15) is 91.4 Å². The molecule has 23 heavy (non-hydrogen) atoms. The molecule has 1 spiro atoms. The van der Waals surface area contributed by atoms with Crippen molar-refractivity contribution in [2.45, 2.75) is 91.4 Å². The van der Waals surface area contributed by atoms with Crippen LogP contribution in [-0.2, 0) is 4.79 Å². The van der Waals surface area contributed by atoms with E-state index >= 15 is 0 Å². The van der Waals surface area contributed by atoms with Gasteiger partial charge in [0.25, 0.3) is 0 Å². The first-order chi connectivity index (χ1) is 11.0. The number of fused-ring (bicyclic) bond motifs is 1. The lowest BCUT2D eigenvalue weighted by atomic mass is 9.60. The first-order valence-electron chi connectivity index (χ1n) is 9.94. The molecule has 3 aliphatic carbocycles. The summed E-state index contributed by atoms with van der Waals surface area (Å²) in [5.41, 5.74) is 3.43. The van der Waals surface area contributed by atoms with Crippen LogP contribution in [0.4, 0.5) is 0 Å². The minimum absolute atomic E-state index is 0.00659. The predicted octanol–water partition coefficient (Wildman–Crippen LogP) is 6.39. The fourth-order valence-electron chi connectivity index (χ4n) is 5.58. The molecular weight excluding hydrogens is 280 g/mol. The van der Waals surface area contributed by atoms with Gasteiger partial charge < -0.3 is 0 Å². The highest BCUT2D eigenvalue weighted by atomic mass is 16.1. The maximum absolute atomic E-state index is 13.1. The average Bonchev–Trinajstić information content (AvgIpc) is 2.71. The molecule has 0 N–H and O–H groups in total. The van der Waals surface area contributed by atoms with Crippen LogP contribution in [-0.4, -0.2) is 5.78 Å². The van der Waals surface area contributed by atoms with Gasteiger partial charge in [-0.3, -0.25) is 4.79 Å². The molecule has 3 rings (SSSR count). The van der Waals surface area contributed by atoms with E-state index in [0.717, 1.165) is 32.1 Å². The van der Waals surface area contributed by atoms with E-state index in [1.165, 1.54) is 38.5 Å². The van der Waals surface area contributed by atoms with Crippen LogP contribution in [0, 0.1) is 16.7 Å². The molecule has 0 unspecified atom stereocenters. The maximum atomic E-state index is 13.1. The van der Waals surface area contributed by atoms with Gasteiger partial charge in [-0.2, -0.15) is 0 Å². The number of ketones is 1. The normalized spacial score (nSPS) is 32.8. The topological polar surface area (TPSA) is 17.1 Å². The van der Waals surface area contributed by atoms with E-state index < -0.39 is 0 Å². The van der Waals surface area contributed by atoms with Gasteiger partial charge in [0.05, 0.1) is 0 Å². The highest BCUT2D eigenvalue weighted by molar-refractivity contribution is 5.90. The van der Waals surface area contributed by atoms with Gasteiger partial charge in [-0.1, -0.05) is 64.2 Å². The van der Waals surface area contributed by atoms with Gasteiger partial charge in [-0.05, 0) is 50.0 Å². The summed E-state index contributed by atoms with van der Waals surface area (Å²) in [7, 11) is 0. The minimum atomic E-state index is 0.00659. The summed E-state index contributed by atoms with van der Waals surface area (Å²) in [6.45, 7) is 6.90. The Morgan fingerprint density at radius 3 is 2.74 bits per heavy atom. The lowest BCUT2D eigenvalue weighted by Crippen LogP contribution is -2.33. The molecule has 0 saturated heterocycles. The number of hydrogen-bond acceptors (Lipinski definition) is 1. The lowest BCUT2D eigenvalue weighted by Gasteiger charge is -2.43. The van der Waals surface area contributed by atoms with Crippen molar-refractivity contribution in [3.8, 4) is 0 Å². The van der Waals surface area contributed by atoms with Crippen LogP contribution < -0.4 is 0 Å². The summed E-state index contributed by atoms with van der Waals surface area (Å²) >= 11 is 0. The second kappa shape index (κ2) is 6.57. The third kappa shape index (κ3) is 3.08. The van der Waals surface area contributed by atoms with Crippen molar-refractivity contribution in [3.63, 3.8) is 0 Å². The number of rotatable bonds is 7. The van der Waals surface area contributed by atoms with Crippen LogP contribution in [0.25, 0.3) is 0 Å². The summed E-state index contributed by atoms with van der Waals surface area (Å²) in [5.74, 6) is 1.29. The fourth-order valence-corrected chi connectivity index (χ4v) is 5.58. The van der Waals surface area contributed by atoms with Crippen LogP contribution in [0.2, 0.25) is 0 Å². The van der Waals surface area contributed by atoms with Gasteiger partial charge in [-0.25, -0.2) is 0 Å². The summed E-state index contributed by atoms with van der Waals surface area (Å²) in [5, 5.41) is 0. The lowest BCUT2D eigenvalue weighted by molar-refractivity contribution is -0.126. The molecule has 0 amide bonds. The number of hydrogen-bond donors (Lipinski definition) is 0. The van der Waals surface area contributed by atoms with Crippen molar-refractivity contribution in [2.24, 2.45) is 16.7 Å². The largest absolute Gasteiger partial charge is 0.299 e.